The van der Waals surface area contributed by atoms with E-state index >= 15 is 0 Å². The maximum absolute atomic E-state index is 14.2. The molecule has 15 heteroatoms. The van der Waals surface area contributed by atoms with Crippen molar-refractivity contribution in [3.05, 3.63) is 143 Å². The summed E-state index contributed by atoms with van der Waals surface area (Å²) in [6.45, 7) is 1.72. The van der Waals surface area contributed by atoms with E-state index < -0.39 is 36.2 Å². The topological polar surface area (TPSA) is 156 Å². The van der Waals surface area contributed by atoms with Crippen LogP contribution < -0.4 is 20.3 Å². The van der Waals surface area contributed by atoms with Gasteiger partial charge in [0, 0.05) is 23.9 Å². The van der Waals surface area contributed by atoms with E-state index in [2.05, 4.69) is 20.3 Å². The van der Waals surface area contributed by atoms with Crippen LogP contribution in [0.2, 0.25) is 0 Å². The van der Waals surface area contributed by atoms with E-state index in [0.29, 0.717) is 11.5 Å². The second-order valence-electron chi connectivity index (χ2n) is 13.9. The lowest BCUT2D eigenvalue weighted by Gasteiger charge is -2.37. The molecule has 1 amide bonds. The van der Waals surface area contributed by atoms with Crippen molar-refractivity contribution in [2.75, 3.05) is 32.8 Å². The molecule has 57 heavy (non-hydrogen) atoms. The molecule has 1 aliphatic heterocycles. The number of nitrogens with zero attached hydrogens (tertiary/aromatic N) is 3. The highest BCUT2D eigenvalue weighted by Crippen LogP contribution is 2.62. The summed E-state index contributed by atoms with van der Waals surface area (Å²) in [5.41, 5.74) is 1.10. The molecule has 296 valence electrons. The van der Waals surface area contributed by atoms with Gasteiger partial charge in [-0.05, 0) is 64.5 Å². The van der Waals surface area contributed by atoms with Crippen LogP contribution in [-0.2, 0) is 29.0 Å². The molecule has 1 unspecified atom stereocenters. The summed E-state index contributed by atoms with van der Waals surface area (Å²) in [6, 6.07) is 34.7. The summed E-state index contributed by atoms with van der Waals surface area (Å²) in [5, 5.41) is 2.66. The van der Waals surface area contributed by atoms with E-state index in [1.807, 2.05) is 109 Å². The van der Waals surface area contributed by atoms with Crippen LogP contribution in [-0.4, -0.2) is 65.1 Å². The largest absolute Gasteiger partial charge is 0.497 e. The molecular weight excluding hydrogens is 766 g/mol. The number of nitrogens with one attached hydrogen (secondary N) is 2. The van der Waals surface area contributed by atoms with Gasteiger partial charge in [-0.15, -0.1) is 0 Å². The van der Waals surface area contributed by atoms with Crippen molar-refractivity contribution in [1.29, 1.82) is 0 Å². The number of benzene rings is 4. The van der Waals surface area contributed by atoms with Crippen molar-refractivity contribution in [2.24, 2.45) is 5.92 Å². The zero-order chi connectivity index (χ0) is 40.2. The Morgan fingerprint density at radius 1 is 0.930 bits per heavy atom. The molecule has 0 radical (unpaired) electrons. The molecule has 3 heterocycles. The Balaban J connectivity index is 1.29. The van der Waals surface area contributed by atoms with Crippen molar-refractivity contribution < 1.29 is 32.8 Å². The minimum Gasteiger partial charge on any atom is -0.497 e. The van der Waals surface area contributed by atoms with Crippen LogP contribution in [0.15, 0.2) is 125 Å². The molecule has 1 aliphatic rings. The number of ether oxygens (including phenoxy) is 4. The molecule has 13 nitrogen and oxygen atoms in total. The number of aromatic nitrogens is 4. The number of carbonyl (C=O) groups excluding carboxylic acids is 1. The van der Waals surface area contributed by atoms with Crippen molar-refractivity contribution in [1.82, 2.24) is 19.5 Å². The molecule has 2 aromatic heterocycles. The summed E-state index contributed by atoms with van der Waals surface area (Å²) in [4.78, 5) is 37.9. The van der Waals surface area contributed by atoms with E-state index in [-0.39, 0.29) is 42.0 Å². The van der Waals surface area contributed by atoms with Crippen LogP contribution in [0.3, 0.4) is 0 Å². The van der Waals surface area contributed by atoms with Gasteiger partial charge in [0.25, 0.3) is 12.1 Å². The van der Waals surface area contributed by atoms with Crippen LogP contribution in [0.25, 0.3) is 11.2 Å². The lowest BCUT2D eigenvalue weighted by Crippen LogP contribution is -2.38. The maximum Gasteiger partial charge on any atom is 0.280 e. The van der Waals surface area contributed by atoms with Gasteiger partial charge < -0.3 is 23.5 Å². The highest BCUT2D eigenvalue weighted by Gasteiger charge is 2.45. The minimum atomic E-state index is -3.34. The lowest BCUT2D eigenvalue weighted by molar-refractivity contribution is -0.118. The SMILES string of the molecule is COc1ccc(C(OC[C@H]2O[C@@H](n3cnc4c(=O)[nH]c(NC(=O)C(C)C)nc43)C[C@@H]2OP(C)(=O)Sc2ccccc2)(c2ccccc2)c2ccc(OC)cc2)cc1. The first-order valence-electron chi connectivity index (χ1n) is 18.4. The molecule has 7 rings (SSSR count). The number of aromatic amines is 1. The molecule has 0 aliphatic carbocycles. The van der Waals surface area contributed by atoms with E-state index in [9.17, 15) is 14.2 Å². The number of fused-ring (bicyclic) bond motifs is 1. The fraction of sp³-hybridized carbons (Fsp3) is 0.286. The molecule has 0 bridgehead atoms. The van der Waals surface area contributed by atoms with Gasteiger partial charge in [0.15, 0.2) is 11.2 Å². The average Bonchev–Trinajstić information content (AvgIpc) is 3.83. The Kier molecular flexibility index (Phi) is 12.0. The second-order valence-corrected chi connectivity index (χ2v) is 18.8. The third-order valence-corrected chi connectivity index (χ3v) is 13.0. The smallest absolute Gasteiger partial charge is 0.280 e. The van der Waals surface area contributed by atoms with Crippen LogP contribution in [0.5, 0.6) is 11.5 Å². The standard InChI is InChI=1S/C42H44N5O8PS/c1-27(2)39(48)45-41-44-38-37(40(49)46-41)43-26-47(38)36-24-34(55-56(5,50)57-33-14-10-7-11-15-33)35(54-36)25-53-42(28-12-8-6-9-13-28,29-16-20-31(51-3)21-17-29)30-18-22-32(52-4)23-19-30/h6-23,26-27,34-36H,24-25H2,1-5H3,(H2,44,45,46,48,49)/t34-,35+,36+,56?/m0/s1. The van der Waals surface area contributed by atoms with Gasteiger partial charge >= 0.3 is 0 Å². The van der Waals surface area contributed by atoms with Gasteiger partial charge in [-0.3, -0.25) is 29.0 Å². The van der Waals surface area contributed by atoms with Crippen LogP contribution >= 0.6 is 18.0 Å². The molecule has 0 spiro atoms. The third-order valence-electron chi connectivity index (χ3n) is 9.67. The summed E-state index contributed by atoms with van der Waals surface area (Å²) in [5.74, 6) is 0.712. The number of imidazole rings is 1. The van der Waals surface area contributed by atoms with E-state index in [0.717, 1.165) is 21.6 Å². The lowest BCUT2D eigenvalue weighted by atomic mass is 9.80. The Labute approximate surface area is 334 Å². The van der Waals surface area contributed by atoms with Gasteiger partial charge in [-0.1, -0.05) is 86.6 Å². The molecule has 1 fully saturated rings. The maximum atomic E-state index is 14.2. The second kappa shape index (κ2) is 17.1. The average molecular weight is 810 g/mol. The highest BCUT2D eigenvalue weighted by atomic mass is 32.7. The quantitative estimate of drug-likeness (QED) is 0.0765. The monoisotopic (exact) mass is 809 g/mol. The predicted molar refractivity (Wildman–Crippen MR) is 219 cm³/mol. The molecule has 4 aromatic carbocycles. The summed E-state index contributed by atoms with van der Waals surface area (Å²) >= 11 is 1.17. The normalized spacial score (nSPS) is 18.0. The number of hydrogen-bond donors (Lipinski definition) is 2. The third kappa shape index (κ3) is 8.70. The van der Waals surface area contributed by atoms with Crippen molar-refractivity contribution in [3.63, 3.8) is 0 Å². The van der Waals surface area contributed by atoms with E-state index in [4.69, 9.17) is 23.5 Å². The summed E-state index contributed by atoms with van der Waals surface area (Å²) in [7, 11) is 3.24. The molecule has 4 atom stereocenters. The van der Waals surface area contributed by atoms with Crippen molar-refractivity contribution >= 4 is 41.0 Å². The molecule has 0 saturated carbocycles. The molecule has 6 aromatic rings. The minimum absolute atomic E-state index is 0.0115. The van der Waals surface area contributed by atoms with Gasteiger partial charge in [0.1, 0.15) is 29.4 Å². The van der Waals surface area contributed by atoms with Crippen molar-refractivity contribution in [2.45, 2.75) is 49.2 Å². The molecular formula is C42H44N5O8PS. The summed E-state index contributed by atoms with van der Waals surface area (Å²) in [6.07, 6.45) is -0.566. The van der Waals surface area contributed by atoms with Gasteiger partial charge in [-0.2, -0.15) is 4.98 Å². The Bertz CT molecular complexity index is 2360. The first-order chi connectivity index (χ1) is 27.5. The number of amides is 1. The Hall–Kier alpha value is -5.24. The fourth-order valence-electron chi connectivity index (χ4n) is 6.81. The summed E-state index contributed by atoms with van der Waals surface area (Å²) < 4.78 is 47.4. The fourth-order valence-corrected chi connectivity index (χ4v) is 10.2. The zero-order valence-corrected chi connectivity index (χ0v) is 33.9. The van der Waals surface area contributed by atoms with E-state index in [1.54, 1.807) is 39.3 Å². The van der Waals surface area contributed by atoms with E-state index in [1.165, 1.54) is 17.7 Å². The van der Waals surface area contributed by atoms with Crippen molar-refractivity contribution in [3.8, 4) is 11.5 Å². The number of hydrogen-bond acceptors (Lipinski definition) is 11. The first kappa shape index (κ1) is 40.0. The number of H-pyrrole nitrogens is 1. The van der Waals surface area contributed by atoms with Crippen LogP contribution in [0.1, 0.15) is 43.2 Å². The number of anilines is 1. The van der Waals surface area contributed by atoms with Crippen LogP contribution in [0, 0.1) is 5.92 Å². The molecule has 1 saturated heterocycles. The van der Waals surface area contributed by atoms with Crippen LogP contribution in [0.4, 0.5) is 5.95 Å². The number of rotatable bonds is 15. The number of methoxy groups -OCH3 is 2. The van der Waals surface area contributed by atoms with Gasteiger partial charge in [0.2, 0.25) is 11.9 Å². The first-order valence-corrected chi connectivity index (χ1v) is 21.9. The Morgan fingerprint density at radius 2 is 1.51 bits per heavy atom. The number of carbonyl (C=O) groups is 1. The highest BCUT2D eigenvalue weighted by molar-refractivity contribution is 8.56. The molecule has 2 N–H and O–H groups in total. The van der Waals surface area contributed by atoms with Gasteiger partial charge in [0.05, 0.1) is 33.3 Å². The zero-order valence-electron chi connectivity index (χ0n) is 32.2. The van der Waals surface area contributed by atoms with Gasteiger partial charge in [-0.25, -0.2) is 4.98 Å². The Morgan fingerprint density at radius 3 is 2.09 bits per heavy atom. The predicted octanol–water partition coefficient (Wildman–Crippen LogP) is 8.03.